The van der Waals surface area contributed by atoms with E-state index in [1.807, 2.05) is 78.9 Å². The lowest BCUT2D eigenvalue weighted by Gasteiger charge is -2.11. The van der Waals surface area contributed by atoms with Crippen LogP contribution in [0.1, 0.15) is 33.2 Å². The van der Waals surface area contributed by atoms with Crippen molar-refractivity contribution >= 4 is 55.4 Å². The highest BCUT2D eigenvalue weighted by Gasteiger charge is 2.28. The summed E-state index contributed by atoms with van der Waals surface area (Å²) in [6.07, 6.45) is 0. The van der Waals surface area contributed by atoms with Crippen LogP contribution in [0.15, 0.2) is 78.9 Å². The third-order valence-corrected chi connectivity index (χ3v) is 6.15. The lowest BCUT2D eigenvalue weighted by Crippen LogP contribution is -2.09. The summed E-state index contributed by atoms with van der Waals surface area (Å²) in [5.41, 5.74) is 4.52. The van der Waals surface area contributed by atoms with Gasteiger partial charge >= 0.3 is 5.97 Å². The number of aromatic amines is 2. The molecule has 2 aromatic heterocycles. The Kier molecular flexibility index (Phi) is 4.30. The summed E-state index contributed by atoms with van der Waals surface area (Å²) in [7, 11) is 0. The lowest BCUT2D eigenvalue weighted by molar-refractivity contribution is 0.0530. The molecule has 0 aliphatic heterocycles. The predicted molar refractivity (Wildman–Crippen MR) is 131 cm³/mol. The molecule has 0 spiro atoms. The highest BCUT2D eigenvalue weighted by molar-refractivity contribution is 6.36. The van der Waals surface area contributed by atoms with Gasteiger partial charge in [-0.15, -0.1) is 0 Å². The molecule has 33 heavy (non-hydrogen) atoms. The number of nitrogens with one attached hydrogen (secondary N) is 2. The second-order valence-corrected chi connectivity index (χ2v) is 8.01. The van der Waals surface area contributed by atoms with Crippen LogP contribution in [0.5, 0.6) is 0 Å². The van der Waals surface area contributed by atoms with E-state index in [0.29, 0.717) is 27.7 Å². The van der Waals surface area contributed by atoms with E-state index in [2.05, 4.69) is 9.97 Å². The number of rotatable bonds is 4. The van der Waals surface area contributed by atoms with Crippen molar-refractivity contribution in [3.8, 4) is 0 Å². The van der Waals surface area contributed by atoms with Gasteiger partial charge in [0.1, 0.15) is 5.56 Å². The molecule has 0 fully saturated rings. The Morgan fingerprint density at radius 3 is 1.76 bits per heavy atom. The van der Waals surface area contributed by atoms with E-state index in [1.54, 1.807) is 6.92 Å². The van der Waals surface area contributed by atoms with Crippen molar-refractivity contribution in [1.29, 1.82) is 0 Å². The maximum Gasteiger partial charge on any atom is 0.342 e. The standard InChI is InChI=1S/C28H20N2O3/c1-2-33-28(32)24-25-21(17-12-6-8-14-19(17)29-25)23(27(31)16-10-4-3-5-11-16)22-18-13-7-9-15-20(18)30-26(22)24/h3-15,29-30H,2H2,1H3. The zero-order chi connectivity index (χ0) is 22.5. The highest BCUT2D eigenvalue weighted by atomic mass is 16.5. The fraction of sp³-hybridized carbons (Fsp3) is 0.0714. The van der Waals surface area contributed by atoms with E-state index < -0.39 is 5.97 Å². The minimum atomic E-state index is -0.427. The number of benzene rings is 4. The predicted octanol–water partition coefficient (Wildman–Crippen LogP) is 6.36. The number of hydrogen-bond acceptors (Lipinski definition) is 3. The molecule has 6 rings (SSSR count). The average molecular weight is 432 g/mol. The second kappa shape index (κ2) is 7.35. The third-order valence-electron chi connectivity index (χ3n) is 6.15. The summed E-state index contributed by atoms with van der Waals surface area (Å²) in [5.74, 6) is -0.514. The van der Waals surface area contributed by atoms with Gasteiger partial charge < -0.3 is 14.7 Å². The molecule has 2 heterocycles. The van der Waals surface area contributed by atoms with Gasteiger partial charge in [0, 0.05) is 43.7 Å². The molecule has 0 atom stereocenters. The number of aromatic nitrogens is 2. The molecular weight excluding hydrogens is 412 g/mol. The number of fused-ring (bicyclic) bond motifs is 6. The Labute approximate surface area is 189 Å². The molecule has 0 saturated carbocycles. The van der Waals surface area contributed by atoms with Crippen molar-refractivity contribution in [1.82, 2.24) is 9.97 Å². The van der Waals surface area contributed by atoms with Gasteiger partial charge in [0.05, 0.1) is 17.6 Å². The molecule has 0 amide bonds. The zero-order valence-corrected chi connectivity index (χ0v) is 17.9. The number of esters is 1. The van der Waals surface area contributed by atoms with E-state index >= 15 is 0 Å². The maximum absolute atomic E-state index is 14.0. The molecule has 0 saturated heterocycles. The van der Waals surface area contributed by atoms with Crippen LogP contribution in [0, 0.1) is 0 Å². The van der Waals surface area contributed by atoms with E-state index in [9.17, 15) is 9.59 Å². The summed E-state index contributed by atoms with van der Waals surface area (Å²) in [6.45, 7) is 2.04. The number of ketones is 1. The Balaban J connectivity index is 1.89. The quantitative estimate of drug-likeness (QED) is 0.251. The van der Waals surface area contributed by atoms with Crippen LogP contribution >= 0.6 is 0 Å². The molecule has 0 radical (unpaired) electrons. The summed E-state index contributed by atoms with van der Waals surface area (Å²) in [5, 5.41) is 3.26. The molecule has 6 aromatic rings. The Bertz CT molecular complexity index is 1620. The van der Waals surface area contributed by atoms with E-state index in [0.717, 1.165) is 32.6 Å². The first-order chi connectivity index (χ1) is 16.2. The van der Waals surface area contributed by atoms with Crippen LogP contribution in [0.3, 0.4) is 0 Å². The number of H-pyrrole nitrogens is 2. The van der Waals surface area contributed by atoms with E-state index in [4.69, 9.17) is 4.74 Å². The lowest BCUT2D eigenvalue weighted by atomic mass is 9.91. The maximum atomic E-state index is 14.0. The van der Waals surface area contributed by atoms with Crippen LogP contribution in [0.25, 0.3) is 43.6 Å². The van der Waals surface area contributed by atoms with Crippen molar-refractivity contribution in [2.75, 3.05) is 6.61 Å². The SMILES string of the molecule is CCOC(=O)c1c2[nH]c3ccccc3c2c(C(=O)c2ccccc2)c2c1[nH]c1ccccc12. The topological polar surface area (TPSA) is 75.0 Å². The number of carbonyl (C=O) groups is 2. The molecule has 0 aliphatic carbocycles. The average Bonchev–Trinajstić information content (AvgIpc) is 3.41. The van der Waals surface area contributed by atoms with Gasteiger partial charge in [-0.2, -0.15) is 0 Å². The van der Waals surface area contributed by atoms with E-state index in [-0.39, 0.29) is 12.4 Å². The monoisotopic (exact) mass is 432 g/mol. The number of ether oxygens (including phenoxy) is 1. The minimum Gasteiger partial charge on any atom is -0.462 e. The first kappa shape index (κ1) is 19.3. The minimum absolute atomic E-state index is 0.0875. The van der Waals surface area contributed by atoms with Crippen molar-refractivity contribution in [3.63, 3.8) is 0 Å². The van der Waals surface area contributed by atoms with Gasteiger partial charge in [-0.1, -0.05) is 66.7 Å². The van der Waals surface area contributed by atoms with Gasteiger partial charge in [-0.25, -0.2) is 4.79 Å². The fourth-order valence-corrected chi connectivity index (χ4v) is 4.80. The van der Waals surface area contributed by atoms with Crippen LogP contribution < -0.4 is 0 Å². The third kappa shape index (κ3) is 2.79. The van der Waals surface area contributed by atoms with Crippen LogP contribution in [-0.4, -0.2) is 28.3 Å². The van der Waals surface area contributed by atoms with Gasteiger partial charge in [0.2, 0.25) is 0 Å². The molecule has 0 unspecified atom stereocenters. The number of carbonyl (C=O) groups excluding carboxylic acids is 2. The summed E-state index contributed by atoms with van der Waals surface area (Å²) in [6, 6.07) is 24.9. The first-order valence-electron chi connectivity index (χ1n) is 10.9. The molecule has 5 heteroatoms. The van der Waals surface area contributed by atoms with Crippen molar-refractivity contribution in [2.24, 2.45) is 0 Å². The highest BCUT2D eigenvalue weighted by Crippen LogP contribution is 2.41. The molecule has 2 N–H and O–H groups in total. The fourth-order valence-electron chi connectivity index (χ4n) is 4.80. The summed E-state index contributed by atoms with van der Waals surface area (Å²) >= 11 is 0. The molecule has 0 aliphatic rings. The van der Waals surface area contributed by atoms with Crippen molar-refractivity contribution < 1.29 is 14.3 Å². The smallest absolute Gasteiger partial charge is 0.342 e. The largest absolute Gasteiger partial charge is 0.462 e. The Morgan fingerprint density at radius 1 is 0.697 bits per heavy atom. The van der Waals surface area contributed by atoms with Gasteiger partial charge in [0.15, 0.2) is 5.78 Å². The Morgan fingerprint density at radius 2 is 1.21 bits per heavy atom. The number of para-hydroxylation sites is 2. The molecular formula is C28H20N2O3. The molecule has 0 bridgehead atoms. The molecule has 5 nitrogen and oxygen atoms in total. The van der Waals surface area contributed by atoms with Crippen LogP contribution in [0.4, 0.5) is 0 Å². The van der Waals surface area contributed by atoms with Gasteiger partial charge in [-0.3, -0.25) is 4.79 Å². The summed E-state index contributed by atoms with van der Waals surface area (Å²) < 4.78 is 5.46. The Hall–Kier alpha value is -4.38. The van der Waals surface area contributed by atoms with E-state index in [1.165, 1.54) is 0 Å². The molecule has 160 valence electrons. The van der Waals surface area contributed by atoms with Crippen LogP contribution in [-0.2, 0) is 4.74 Å². The van der Waals surface area contributed by atoms with Crippen molar-refractivity contribution in [3.05, 3.63) is 95.6 Å². The van der Waals surface area contributed by atoms with Gasteiger partial charge in [0.25, 0.3) is 0 Å². The van der Waals surface area contributed by atoms with Crippen LogP contribution in [0.2, 0.25) is 0 Å². The molecule has 4 aromatic carbocycles. The zero-order valence-electron chi connectivity index (χ0n) is 17.9. The number of hydrogen-bond donors (Lipinski definition) is 2. The first-order valence-corrected chi connectivity index (χ1v) is 10.9. The van der Waals surface area contributed by atoms with Crippen molar-refractivity contribution in [2.45, 2.75) is 6.92 Å². The summed E-state index contributed by atoms with van der Waals surface area (Å²) in [4.78, 5) is 34.0. The normalized spacial score (nSPS) is 11.5. The second-order valence-electron chi connectivity index (χ2n) is 8.01. The van der Waals surface area contributed by atoms with Gasteiger partial charge in [-0.05, 0) is 19.1 Å².